The number of anilines is 1. The van der Waals surface area contributed by atoms with E-state index in [1.54, 1.807) is 20.3 Å². The number of aromatic nitrogens is 1. The number of nitrogens with one attached hydrogen (secondary N) is 1. The van der Waals surface area contributed by atoms with Gasteiger partial charge in [-0.15, -0.1) is 0 Å². The molecule has 0 aliphatic rings. The van der Waals surface area contributed by atoms with Crippen molar-refractivity contribution in [3.05, 3.63) is 71.4 Å². The first-order chi connectivity index (χ1) is 14.5. The van der Waals surface area contributed by atoms with Crippen molar-refractivity contribution in [2.24, 2.45) is 0 Å². The van der Waals surface area contributed by atoms with Crippen LogP contribution < -0.4 is 14.8 Å². The van der Waals surface area contributed by atoms with E-state index in [1.807, 2.05) is 62.4 Å². The average Bonchev–Trinajstić information content (AvgIpc) is 3.09. The molecule has 0 fully saturated rings. The van der Waals surface area contributed by atoms with Crippen molar-refractivity contribution in [3.8, 4) is 22.6 Å². The van der Waals surface area contributed by atoms with Crippen molar-refractivity contribution in [1.82, 2.24) is 5.16 Å². The van der Waals surface area contributed by atoms with Gasteiger partial charge in [-0.3, -0.25) is 10.1 Å². The minimum atomic E-state index is -0.314. The van der Waals surface area contributed by atoms with E-state index >= 15 is 0 Å². The zero-order valence-electron chi connectivity index (χ0n) is 17.3. The smallest absolute Gasteiger partial charge is 0.262 e. The first-order valence-corrected chi connectivity index (χ1v) is 9.51. The van der Waals surface area contributed by atoms with Crippen LogP contribution >= 0.6 is 0 Å². The summed E-state index contributed by atoms with van der Waals surface area (Å²) in [4.78, 5) is 13.1. The number of hydrogen-bond acceptors (Lipinski definition) is 5. The zero-order chi connectivity index (χ0) is 21.3. The van der Waals surface area contributed by atoms with E-state index in [0.717, 1.165) is 38.9 Å². The Bertz CT molecular complexity index is 1240. The highest BCUT2D eigenvalue weighted by molar-refractivity contribution is 6.15. The Morgan fingerprint density at radius 3 is 2.47 bits per heavy atom. The zero-order valence-corrected chi connectivity index (χ0v) is 17.3. The second-order valence-electron chi connectivity index (χ2n) is 6.99. The first-order valence-electron chi connectivity index (χ1n) is 9.51. The fraction of sp³-hybridized carbons (Fsp3) is 0.167. The third-order valence-corrected chi connectivity index (χ3v) is 5.22. The fourth-order valence-corrected chi connectivity index (χ4v) is 3.39. The van der Waals surface area contributed by atoms with E-state index in [-0.39, 0.29) is 5.91 Å². The molecular weight excluding hydrogens is 380 g/mol. The van der Waals surface area contributed by atoms with Gasteiger partial charge in [-0.05, 0) is 60.0 Å². The molecule has 0 spiro atoms. The third kappa shape index (κ3) is 3.48. The van der Waals surface area contributed by atoms with Gasteiger partial charge in [-0.1, -0.05) is 35.5 Å². The van der Waals surface area contributed by atoms with Gasteiger partial charge >= 0.3 is 0 Å². The number of rotatable bonds is 5. The number of methoxy groups -OCH3 is 2. The van der Waals surface area contributed by atoms with Gasteiger partial charge in [-0.2, -0.15) is 0 Å². The predicted octanol–water partition coefficient (Wildman–Crippen LogP) is 5.38. The molecule has 1 aromatic heterocycles. The van der Waals surface area contributed by atoms with Gasteiger partial charge in [-0.25, -0.2) is 0 Å². The van der Waals surface area contributed by atoms with Crippen LogP contribution in [0, 0.1) is 13.8 Å². The molecule has 0 bridgehead atoms. The van der Waals surface area contributed by atoms with Crippen molar-refractivity contribution >= 4 is 22.6 Å². The fourth-order valence-electron chi connectivity index (χ4n) is 3.39. The molecule has 30 heavy (non-hydrogen) atoms. The Kier molecular flexibility index (Phi) is 5.14. The summed E-state index contributed by atoms with van der Waals surface area (Å²) in [6, 6.07) is 17.6. The second-order valence-corrected chi connectivity index (χ2v) is 6.99. The van der Waals surface area contributed by atoms with Gasteiger partial charge in [0.15, 0.2) is 0 Å². The number of ether oxygens (including phenoxy) is 2. The van der Waals surface area contributed by atoms with E-state index in [9.17, 15) is 4.79 Å². The monoisotopic (exact) mass is 402 g/mol. The van der Waals surface area contributed by atoms with Gasteiger partial charge in [0.05, 0.1) is 25.5 Å². The second kappa shape index (κ2) is 7.91. The van der Waals surface area contributed by atoms with Crippen molar-refractivity contribution in [3.63, 3.8) is 0 Å². The van der Waals surface area contributed by atoms with Crippen LogP contribution in [0.2, 0.25) is 0 Å². The van der Waals surface area contributed by atoms with E-state index in [4.69, 9.17) is 14.0 Å². The number of hydrogen-bond donors (Lipinski definition) is 1. The Labute approximate surface area is 174 Å². The molecule has 6 heteroatoms. The molecule has 0 aliphatic carbocycles. The summed E-state index contributed by atoms with van der Waals surface area (Å²) in [6.07, 6.45) is 0. The lowest BCUT2D eigenvalue weighted by Gasteiger charge is -2.13. The molecule has 6 nitrogen and oxygen atoms in total. The van der Waals surface area contributed by atoms with Crippen molar-refractivity contribution in [1.29, 1.82) is 0 Å². The quantitative estimate of drug-likeness (QED) is 0.485. The van der Waals surface area contributed by atoms with Crippen LogP contribution in [0.1, 0.15) is 21.6 Å². The molecule has 4 aromatic rings. The number of carbonyl (C=O) groups excluding carboxylic acids is 1. The summed E-state index contributed by atoms with van der Waals surface area (Å²) < 4.78 is 16.0. The molecule has 0 unspecified atom stereocenters. The van der Waals surface area contributed by atoms with E-state index < -0.39 is 0 Å². The van der Waals surface area contributed by atoms with Crippen LogP contribution in [0.15, 0.2) is 59.1 Å². The number of nitrogens with zero attached hydrogens (tertiary/aromatic N) is 1. The van der Waals surface area contributed by atoms with E-state index in [0.29, 0.717) is 17.2 Å². The average molecular weight is 402 g/mol. The standard InChI is InChI=1S/C24H22N2O4/c1-14-15(2)26-30-24(14)25-23(27)22-20-10-8-17(12-18(20)9-11-21(22)29-4)16-6-5-7-19(13-16)28-3/h5-13H,1-4H3,(H,25,27). The summed E-state index contributed by atoms with van der Waals surface area (Å²) in [5.41, 5.74) is 4.03. The van der Waals surface area contributed by atoms with E-state index in [2.05, 4.69) is 10.5 Å². The molecule has 0 radical (unpaired) electrons. The SMILES string of the molecule is COc1cccc(-c2ccc3c(C(=O)Nc4onc(C)c4C)c(OC)ccc3c2)c1. The predicted molar refractivity (Wildman–Crippen MR) is 116 cm³/mol. The van der Waals surface area contributed by atoms with Crippen LogP contribution in [-0.4, -0.2) is 25.3 Å². The normalized spacial score (nSPS) is 10.8. The van der Waals surface area contributed by atoms with Crippen LogP contribution in [0.5, 0.6) is 11.5 Å². The molecule has 1 amide bonds. The largest absolute Gasteiger partial charge is 0.497 e. The lowest BCUT2D eigenvalue weighted by Crippen LogP contribution is -2.14. The van der Waals surface area contributed by atoms with Crippen LogP contribution in [0.3, 0.4) is 0 Å². The highest BCUT2D eigenvalue weighted by atomic mass is 16.5. The maximum absolute atomic E-state index is 13.1. The molecule has 1 heterocycles. The molecule has 0 aliphatic heterocycles. The van der Waals surface area contributed by atoms with Gasteiger partial charge < -0.3 is 14.0 Å². The van der Waals surface area contributed by atoms with Crippen LogP contribution in [0.25, 0.3) is 21.9 Å². The minimum absolute atomic E-state index is 0.314. The maximum atomic E-state index is 13.1. The van der Waals surface area contributed by atoms with Gasteiger partial charge in [0.1, 0.15) is 11.5 Å². The summed E-state index contributed by atoms with van der Waals surface area (Å²) in [5, 5.41) is 8.41. The minimum Gasteiger partial charge on any atom is -0.497 e. The lowest BCUT2D eigenvalue weighted by molar-refractivity contribution is 0.102. The first kappa shape index (κ1) is 19.5. The summed E-state index contributed by atoms with van der Waals surface area (Å²) in [5.74, 6) is 1.30. The van der Waals surface area contributed by atoms with Crippen LogP contribution in [0.4, 0.5) is 5.88 Å². The number of amides is 1. The van der Waals surface area contributed by atoms with Crippen molar-refractivity contribution < 1.29 is 18.8 Å². The summed E-state index contributed by atoms with van der Waals surface area (Å²) >= 11 is 0. The van der Waals surface area contributed by atoms with Crippen molar-refractivity contribution in [2.75, 3.05) is 19.5 Å². The molecule has 152 valence electrons. The van der Waals surface area contributed by atoms with Crippen LogP contribution in [-0.2, 0) is 0 Å². The Morgan fingerprint density at radius 1 is 0.967 bits per heavy atom. The number of fused-ring (bicyclic) bond motifs is 1. The summed E-state index contributed by atoms with van der Waals surface area (Å²) in [6.45, 7) is 3.68. The summed E-state index contributed by atoms with van der Waals surface area (Å²) in [7, 11) is 3.20. The van der Waals surface area contributed by atoms with E-state index in [1.165, 1.54) is 0 Å². The van der Waals surface area contributed by atoms with Gasteiger partial charge in [0.25, 0.3) is 5.91 Å². The maximum Gasteiger partial charge on any atom is 0.262 e. The Morgan fingerprint density at radius 2 is 1.77 bits per heavy atom. The topological polar surface area (TPSA) is 73.6 Å². The highest BCUT2D eigenvalue weighted by Gasteiger charge is 2.20. The molecule has 3 aromatic carbocycles. The number of aryl methyl sites for hydroxylation is 1. The van der Waals surface area contributed by atoms with Crippen molar-refractivity contribution in [2.45, 2.75) is 13.8 Å². The number of carbonyl (C=O) groups is 1. The molecular formula is C24H22N2O4. The van der Waals surface area contributed by atoms with Gasteiger partial charge in [0, 0.05) is 5.56 Å². The molecule has 0 atom stereocenters. The molecule has 1 N–H and O–H groups in total. The highest BCUT2D eigenvalue weighted by Crippen LogP contribution is 2.33. The molecule has 4 rings (SSSR count). The lowest BCUT2D eigenvalue weighted by atomic mass is 9.97. The molecule has 0 saturated carbocycles. The number of benzene rings is 3. The molecule has 0 saturated heterocycles. The Hall–Kier alpha value is -3.80. The Balaban J connectivity index is 1.78. The third-order valence-electron chi connectivity index (χ3n) is 5.22. The van der Waals surface area contributed by atoms with Gasteiger partial charge in [0.2, 0.25) is 5.88 Å².